The Morgan fingerprint density at radius 3 is 2.16 bits per heavy atom. The van der Waals surface area contributed by atoms with E-state index < -0.39 is 0 Å². The Bertz CT molecular complexity index is 505. The Labute approximate surface area is 114 Å². The minimum Gasteiger partial charge on any atom is -0.460 e. The van der Waals surface area contributed by atoms with Gasteiger partial charge in [0.15, 0.2) is 0 Å². The highest BCUT2D eigenvalue weighted by Gasteiger charge is 2.19. The van der Waals surface area contributed by atoms with Gasteiger partial charge >= 0.3 is 5.97 Å². The normalized spacial score (nSPS) is 11.8. The van der Waals surface area contributed by atoms with Gasteiger partial charge in [0.1, 0.15) is 6.61 Å². The van der Waals surface area contributed by atoms with Gasteiger partial charge in [-0.3, -0.25) is 4.79 Å². The molecule has 0 saturated carbocycles. The van der Waals surface area contributed by atoms with Crippen molar-refractivity contribution in [1.29, 1.82) is 0 Å². The molecule has 0 saturated heterocycles. The summed E-state index contributed by atoms with van der Waals surface area (Å²) in [5.74, 6) is -0.505. The molecule has 97 valence electrons. The molecule has 2 rings (SSSR count). The highest BCUT2D eigenvalue weighted by Crippen LogP contribution is 2.21. The fourth-order valence-corrected chi connectivity index (χ4v) is 1.94. The summed E-state index contributed by atoms with van der Waals surface area (Å²) >= 11 is 0. The van der Waals surface area contributed by atoms with E-state index in [1.807, 2.05) is 60.7 Å². The summed E-state index contributed by atoms with van der Waals surface area (Å²) in [6.07, 6.45) is 0.498. The van der Waals surface area contributed by atoms with E-state index in [4.69, 9.17) is 4.74 Å². The van der Waals surface area contributed by atoms with E-state index in [0.717, 1.165) is 11.1 Å². The monoisotopic (exact) mass is 253 g/mol. The summed E-state index contributed by atoms with van der Waals surface area (Å²) < 4.78 is 5.36. The minimum absolute atomic E-state index is 0.218. The molecule has 0 fully saturated rings. The van der Waals surface area contributed by atoms with Crippen LogP contribution in [0, 0.1) is 6.92 Å². The van der Waals surface area contributed by atoms with E-state index in [1.54, 1.807) is 0 Å². The van der Waals surface area contributed by atoms with E-state index in [1.165, 1.54) is 0 Å². The molecule has 0 aliphatic heterocycles. The maximum Gasteiger partial charge on any atom is 0.313 e. The van der Waals surface area contributed by atoms with Crippen LogP contribution < -0.4 is 0 Å². The zero-order valence-corrected chi connectivity index (χ0v) is 10.8. The Morgan fingerprint density at radius 1 is 1.00 bits per heavy atom. The van der Waals surface area contributed by atoms with Gasteiger partial charge < -0.3 is 4.74 Å². The first-order valence-corrected chi connectivity index (χ1v) is 6.36. The highest BCUT2D eigenvalue weighted by molar-refractivity contribution is 5.78. The van der Waals surface area contributed by atoms with Gasteiger partial charge in [-0.2, -0.15) is 0 Å². The summed E-state index contributed by atoms with van der Waals surface area (Å²) in [6, 6.07) is 19.3. The molecular formula is C17H17O2. The smallest absolute Gasteiger partial charge is 0.313 e. The van der Waals surface area contributed by atoms with Crippen molar-refractivity contribution < 1.29 is 9.53 Å². The number of esters is 1. The summed E-state index contributed by atoms with van der Waals surface area (Å²) in [5, 5.41) is 0. The van der Waals surface area contributed by atoms with Crippen LogP contribution in [0.2, 0.25) is 0 Å². The molecule has 0 unspecified atom stereocenters. The lowest BCUT2D eigenvalue weighted by Gasteiger charge is -2.14. The predicted octanol–water partition coefficient (Wildman–Crippen LogP) is 3.74. The van der Waals surface area contributed by atoms with Gasteiger partial charge in [-0.1, -0.05) is 67.6 Å². The second kappa shape index (κ2) is 6.74. The maximum absolute atomic E-state index is 12.1. The zero-order chi connectivity index (χ0) is 13.5. The van der Waals surface area contributed by atoms with Crippen molar-refractivity contribution in [2.75, 3.05) is 0 Å². The van der Waals surface area contributed by atoms with Crippen LogP contribution in [-0.4, -0.2) is 5.97 Å². The first-order chi connectivity index (χ1) is 9.31. The van der Waals surface area contributed by atoms with Crippen molar-refractivity contribution in [3.63, 3.8) is 0 Å². The predicted molar refractivity (Wildman–Crippen MR) is 75.4 cm³/mol. The quantitative estimate of drug-likeness (QED) is 0.759. The number of hydrogen-bond acceptors (Lipinski definition) is 2. The minimum atomic E-state index is -0.287. The third kappa shape index (κ3) is 3.68. The summed E-state index contributed by atoms with van der Waals surface area (Å²) in [4.78, 5) is 12.1. The van der Waals surface area contributed by atoms with Crippen molar-refractivity contribution in [2.24, 2.45) is 0 Å². The molecular weight excluding hydrogens is 236 g/mol. The molecule has 2 aromatic carbocycles. The first kappa shape index (κ1) is 13.3. The van der Waals surface area contributed by atoms with Crippen LogP contribution in [0.25, 0.3) is 0 Å². The molecule has 0 aliphatic rings. The Kier molecular flexibility index (Phi) is 4.73. The van der Waals surface area contributed by atoms with Crippen LogP contribution in [0.15, 0.2) is 60.7 Å². The van der Waals surface area contributed by atoms with E-state index >= 15 is 0 Å². The number of carbonyl (C=O) groups is 1. The summed E-state index contributed by atoms with van der Waals surface area (Å²) in [6.45, 7) is 4.15. The van der Waals surface area contributed by atoms with Gasteiger partial charge in [-0.05, 0) is 17.5 Å². The Balaban J connectivity index is 1.98. The number of carbonyl (C=O) groups excluding carboxylic acids is 1. The van der Waals surface area contributed by atoms with Crippen molar-refractivity contribution in [3.05, 3.63) is 78.7 Å². The third-order valence-corrected chi connectivity index (χ3v) is 3.00. The fraction of sp³-hybridized carbons (Fsp3) is 0.176. The Morgan fingerprint density at radius 2 is 1.58 bits per heavy atom. The molecule has 0 aromatic heterocycles. The lowest BCUT2D eigenvalue weighted by Crippen LogP contribution is -2.15. The van der Waals surface area contributed by atoms with Crippen LogP contribution in [-0.2, 0) is 16.1 Å². The average Bonchev–Trinajstić information content (AvgIpc) is 2.48. The van der Waals surface area contributed by atoms with Gasteiger partial charge in [-0.15, -0.1) is 0 Å². The molecule has 2 aromatic rings. The van der Waals surface area contributed by atoms with E-state index in [-0.39, 0.29) is 11.9 Å². The summed E-state index contributed by atoms with van der Waals surface area (Å²) in [5.41, 5.74) is 1.95. The third-order valence-electron chi connectivity index (χ3n) is 3.00. The second-order valence-corrected chi connectivity index (χ2v) is 4.35. The van der Waals surface area contributed by atoms with Gasteiger partial charge in [0.25, 0.3) is 0 Å². The van der Waals surface area contributed by atoms with Crippen LogP contribution in [0.5, 0.6) is 0 Å². The number of hydrogen-bond donors (Lipinski definition) is 0. The number of ether oxygens (including phenoxy) is 1. The van der Waals surface area contributed by atoms with Crippen LogP contribution in [0.4, 0.5) is 0 Å². The molecule has 2 nitrogen and oxygen atoms in total. The zero-order valence-electron chi connectivity index (χ0n) is 10.8. The molecule has 0 bridgehead atoms. The van der Waals surface area contributed by atoms with Gasteiger partial charge in [0.2, 0.25) is 0 Å². The lowest BCUT2D eigenvalue weighted by atomic mass is 9.97. The molecule has 0 N–H and O–H groups in total. The van der Waals surface area contributed by atoms with E-state index in [2.05, 4.69) is 6.92 Å². The maximum atomic E-state index is 12.1. The van der Waals surface area contributed by atoms with Crippen LogP contribution in [0.3, 0.4) is 0 Å². The first-order valence-electron chi connectivity index (χ1n) is 6.36. The largest absolute Gasteiger partial charge is 0.460 e. The van der Waals surface area contributed by atoms with Gasteiger partial charge in [0, 0.05) is 0 Å². The summed E-state index contributed by atoms with van der Waals surface area (Å²) in [7, 11) is 0. The average molecular weight is 253 g/mol. The molecule has 0 heterocycles. The van der Waals surface area contributed by atoms with Crippen molar-refractivity contribution >= 4 is 5.97 Å². The topological polar surface area (TPSA) is 26.3 Å². The van der Waals surface area contributed by atoms with Gasteiger partial charge in [0.05, 0.1) is 5.92 Å². The molecule has 0 amide bonds. The molecule has 1 atom stereocenters. The lowest BCUT2D eigenvalue weighted by molar-refractivity contribution is -0.146. The molecule has 1 radical (unpaired) electrons. The van der Waals surface area contributed by atoms with Crippen LogP contribution >= 0.6 is 0 Å². The number of rotatable bonds is 5. The molecule has 0 spiro atoms. The van der Waals surface area contributed by atoms with Crippen LogP contribution in [0.1, 0.15) is 23.5 Å². The molecule has 2 heteroatoms. The SMILES string of the molecule is [CH2]C[C@H](C(=O)OCc1ccccc1)c1ccccc1. The Hall–Kier alpha value is -2.09. The standard InChI is InChI=1S/C17H17O2/c1-2-16(15-11-7-4-8-12-15)17(18)19-13-14-9-5-3-6-10-14/h3-12,16H,1-2,13H2/t16-/m0/s1. The van der Waals surface area contributed by atoms with Gasteiger partial charge in [-0.25, -0.2) is 0 Å². The number of benzene rings is 2. The van der Waals surface area contributed by atoms with Crippen molar-refractivity contribution in [3.8, 4) is 0 Å². The second-order valence-electron chi connectivity index (χ2n) is 4.35. The highest BCUT2D eigenvalue weighted by atomic mass is 16.5. The molecule has 19 heavy (non-hydrogen) atoms. The molecule has 0 aliphatic carbocycles. The van der Waals surface area contributed by atoms with Crippen molar-refractivity contribution in [1.82, 2.24) is 0 Å². The van der Waals surface area contributed by atoms with E-state index in [9.17, 15) is 4.79 Å². The van der Waals surface area contributed by atoms with E-state index in [0.29, 0.717) is 13.0 Å². The van der Waals surface area contributed by atoms with Crippen molar-refractivity contribution in [2.45, 2.75) is 18.9 Å². The fourth-order valence-electron chi connectivity index (χ4n) is 1.94.